The Hall–Kier alpha value is -2.85. The number of nitrogens with one attached hydrogen (secondary N) is 1. The summed E-state index contributed by atoms with van der Waals surface area (Å²) in [4.78, 5) is 4.95. The lowest BCUT2D eigenvalue weighted by Gasteiger charge is -2.20. The Bertz CT molecular complexity index is 1090. The average molecular weight is 391 g/mol. The number of hydrogen-bond donors (Lipinski definition) is 1. The van der Waals surface area contributed by atoms with E-state index >= 15 is 0 Å². The molecule has 0 aliphatic rings. The fourth-order valence-corrected chi connectivity index (χ4v) is 3.22. The van der Waals surface area contributed by atoms with Crippen LogP contribution in [0.3, 0.4) is 0 Å². The molecule has 0 aliphatic heterocycles. The lowest BCUT2D eigenvalue weighted by atomic mass is 9.92. The molecule has 2 aromatic carbocycles. The first-order chi connectivity index (χ1) is 13.4. The number of benzene rings is 2. The molecule has 0 atom stereocenters. The van der Waals surface area contributed by atoms with E-state index in [2.05, 4.69) is 49.4 Å². The van der Waals surface area contributed by atoms with Crippen LogP contribution in [0.4, 0.5) is 5.82 Å². The van der Waals surface area contributed by atoms with E-state index in [1.165, 1.54) is 5.56 Å². The van der Waals surface area contributed by atoms with Gasteiger partial charge in [0.05, 0.1) is 11.9 Å². The number of hydrogen-bond acceptors (Lipinski definition) is 3. The zero-order valence-electron chi connectivity index (χ0n) is 16.3. The average Bonchev–Trinajstić information content (AvgIpc) is 3.11. The molecule has 2 heterocycles. The highest BCUT2D eigenvalue weighted by molar-refractivity contribution is 6.30. The predicted molar refractivity (Wildman–Crippen MR) is 116 cm³/mol. The molecule has 0 bridgehead atoms. The third kappa shape index (κ3) is 3.73. The van der Waals surface area contributed by atoms with Crippen molar-refractivity contribution in [3.63, 3.8) is 0 Å². The van der Waals surface area contributed by atoms with Gasteiger partial charge in [-0.05, 0) is 23.3 Å². The second-order valence-corrected chi connectivity index (χ2v) is 8.35. The number of aromatic nitrogens is 3. The Morgan fingerprint density at radius 1 is 1.00 bits per heavy atom. The first-order valence-corrected chi connectivity index (χ1v) is 9.72. The highest BCUT2D eigenvalue weighted by atomic mass is 35.5. The maximum atomic E-state index is 6.05. The van der Waals surface area contributed by atoms with Crippen LogP contribution in [-0.2, 0) is 12.0 Å². The lowest BCUT2D eigenvalue weighted by Crippen LogP contribution is -2.16. The molecule has 4 nitrogen and oxygen atoms in total. The number of halogens is 1. The van der Waals surface area contributed by atoms with Gasteiger partial charge in [0.1, 0.15) is 5.82 Å². The number of rotatable bonds is 4. The summed E-state index contributed by atoms with van der Waals surface area (Å²) < 4.78 is 1.88. The van der Waals surface area contributed by atoms with Crippen molar-refractivity contribution < 1.29 is 0 Å². The minimum Gasteiger partial charge on any atom is -0.366 e. The van der Waals surface area contributed by atoms with Crippen LogP contribution in [0.25, 0.3) is 16.8 Å². The van der Waals surface area contributed by atoms with Gasteiger partial charge in [-0.3, -0.25) is 0 Å². The Kier molecular flexibility index (Phi) is 4.82. The standard InChI is InChI=1S/C23H23ClN4/c1-23(2,3)20-13-21(25-14-16-7-5-4-6-8-16)28-22(27-20)19(15-26-28)17-9-11-18(24)12-10-17/h4-13,15,25H,14H2,1-3H3. The molecule has 0 spiro atoms. The predicted octanol–water partition coefficient (Wildman–Crippen LogP) is 5.96. The molecule has 5 heteroatoms. The molecule has 2 aromatic heterocycles. The quantitative estimate of drug-likeness (QED) is 0.467. The van der Waals surface area contributed by atoms with Crippen LogP contribution in [-0.4, -0.2) is 14.6 Å². The van der Waals surface area contributed by atoms with Gasteiger partial charge in [0, 0.05) is 28.6 Å². The van der Waals surface area contributed by atoms with Crippen molar-refractivity contribution in [1.29, 1.82) is 0 Å². The smallest absolute Gasteiger partial charge is 0.165 e. The van der Waals surface area contributed by atoms with Crippen molar-refractivity contribution >= 4 is 23.1 Å². The Morgan fingerprint density at radius 3 is 2.39 bits per heavy atom. The number of anilines is 1. The molecule has 0 saturated heterocycles. The molecule has 0 fully saturated rings. The first-order valence-electron chi connectivity index (χ1n) is 9.35. The third-order valence-electron chi connectivity index (χ3n) is 4.71. The van der Waals surface area contributed by atoms with Gasteiger partial charge in [-0.1, -0.05) is 74.8 Å². The molecule has 28 heavy (non-hydrogen) atoms. The van der Waals surface area contributed by atoms with Crippen LogP contribution in [0, 0.1) is 0 Å². The Labute approximate surface area is 170 Å². The maximum absolute atomic E-state index is 6.05. The highest BCUT2D eigenvalue weighted by Gasteiger charge is 2.20. The van der Waals surface area contributed by atoms with Gasteiger partial charge in [0.2, 0.25) is 0 Å². The molecule has 0 saturated carbocycles. The Balaban J connectivity index is 1.81. The largest absolute Gasteiger partial charge is 0.366 e. The monoisotopic (exact) mass is 390 g/mol. The highest BCUT2D eigenvalue weighted by Crippen LogP contribution is 2.30. The van der Waals surface area contributed by atoms with E-state index in [-0.39, 0.29) is 5.41 Å². The summed E-state index contributed by atoms with van der Waals surface area (Å²) in [5, 5.41) is 8.86. The molecule has 0 amide bonds. The van der Waals surface area contributed by atoms with Crippen molar-refractivity contribution in [2.24, 2.45) is 0 Å². The summed E-state index contributed by atoms with van der Waals surface area (Å²) in [5.41, 5.74) is 5.04. The molecular weight excluding hydrogens is 368 g/mol. The fourth-order valence-electron chi connectivity index (χ4n) is 3.09. The maximum Gasteiger partial charge on any atom is 0.165 e. The van der Waals surface area contributed by atoms with Crippen LogP contribution in [0.1, 0.15) is 32.0 Å². The lowest BCUT2D eigenvalue weighted by molar-refractivity contribution is 0.568. The van der Waals surface area contributed by atoms with Gasteiger partial charge < -0.3 is 5.32 Å². The van der Waals surface area contributed by atoms with E-state index in [1.807, 2.05) is 53.2 Å². The number of fused-ring (bicyclic) bond motifs is 1. The van der Waals surface area contributed by atoms with Gasteiger partial charge >= 0.3 is 0 Å². The van der Waals surface area contributed by atoms with Gasteiger partial charge in [0.15, 0.2) is 5.65 Å². The summed E-state index contributed by atoms with van der Waals surface area (Å²) in [5.74, 6) is 0.930. The zero-order valence-corrected chi connectivity index (χ0v) is 17.0. The summed E-state index contributed by atoms with van der Waals surface area (Å²) >= 11 is 6.05. The fraction of sp³-hybridized carbons (Fsp3) is 0.217. The molecule has 0 aliphatic carbocycles. The minimum atomic E-state index is -0.0769. The zero-order chi connectivity index (χ0) is 19.7. The van der Waals surface area contributed by atoms with Crippen LogP contribution in [0.5, 0.6) is 0 Å². The molecule has 1 N–H and O–H groups in total. The van der Waals surface area contributed by atoms with E-state index in [4.69, 9.17) is 16.6 Å². The molecule has 4 rings (SSSR count). The van der Waals surface area contributed by atoms with E-state index in [9.17, 15) is 0 Å². The Morgan fingerprint density at radius 2 is 1.71 bits per heavy atom. The van der Waals surface area contributed by atoms with Crippen molar-refractivity contribution in [2.75, 3.05) is 5.32 Å². The van der Waals surface area contributed by atoms with Crippen LogP contribution >= 0.6 is 11.6 Å². The normalized spacial score (nSPS) is 11.7. The molecule has 0 unspecified atom stereocenters. The summed E-state index contributed by atoms with van der Waals surface area (Å²) in [6.45, 7) is 7.24. The van der Waals surface area contributed by atoms with Crippen LogP contribution in [0.15, 0.2) is 66.9 Å². The van der Waals surface area contributed by atoms with Crippen LogP contribution < -0.4 is 5.32 Å². The summed E-state index contributed by atoms with van der Waals surface area (Å²) in [6, 6.07) is 20.2. The molecule has 4 aromatic rings. The second kappa shape index (κ2) is 7.28. The SMILES string of the molecule is CC(C)(C)c1cc(NCc2ccccc2)n2ncc(-c3ccc(Cl)cc3)c2n1. The molecular formula is C23H23ClN4. The topological polar surface area (TPSA) is 42.2 Å². The summed E-state index contributed by atoms with van der Waals surface area (Å²) in [7, 11) is 0. The van der Waals surface area contributed by atoms with Crippen molar-refractivity contribution in [3.05, 3.63) is 83.1 Å². The van der Waals surface area contributed by atoms with Crippen LogP contribution in [0.2, 0.25) is 5.02 Å². The van der Waals surface area contributed by atoms with Gasteiger partial charge in [0.25, 0.3) is 0 Å². The molecule has 142 valence electrons. The summed E-state index contributed by atoms with van der Waals surface area (Å²) in [6.07, 6.45) is 1.87. The second-order valence-electron chi connectivity index (χ2n) is 7.92. The molecule has 0 radical (unpaired) electrons. The van der Waals surface area contributed by atoms with Crippen molar-refractivity contribution in [1.82, 2.24) is 14.6 Å². The van der Waals surface area contributed by atoms with Crippen molar-refractivity contribution in [3.8, 4) is 11.1 Å². The minimum absolute atomic E-state index is 0.0769. The first kappa shape index (κ1) is 18.5. The van der Waals surface area contributed by atoms with E-state index in [0.29, 0.717) is 5.02 Å². The van der Waals surface area contributed by atoms with Gasteiger partial charge in [-0.25, -0.2) is 4.98 Å². The van der Waals surface area contributed by atoms with Gasteiger partial charge in [-0.15, -0.1) is 0 Å². The van der Waals surface area contributed by atoms with E-state index < -0.39 is 0 Å². The van der Waals surface area contributed by atoms with E-state index in [0.717, 1.165) is 34.8 Å². The van der Waals surface area contributed by atoms with E-state index in [1.54, 1.807) is 0 Å². The number of nitrogens with zero attached hydrogens (tertiary/aromatic N) is 3. The van der Waals surface area contributed by atoms with Gasteiger partial charge in [-0.2, -0.15) is 9.61 Å². The van der Waals surface area contributed by atoms with Crippen molar-refractivity contribution in [2.45, 2.75) is 32.7 Å². The third-order valence-corrected chi connectivity index (χ3v) is 4.96.